The molecule has 6 heteroatoms. The van der Waals surface area contributed by atoms with E-state index in [9.17, 15) is 4.79 Å². The number of para-hydroxylation sites is 1. The Labute approximate surface area is 172 Å². The average Bonchev–Trinajstić information content (AvgIpc) is 2.67. The van der Waals surface area contributed by atoms with Crippen molar-refractivity contribution in [2.75, 3.05) is 18.9 Å². The van der Waals surface area contributed by atoms with E-state index in [4.69, 9.17) is 4.74 Å². The summed E-state index contributed by atoms with van der Waals surface area (Å²) in [7, 11) is 1.79. The Morgan fingerprint density at radius 2 is 1.90 bits per heavy atom. The fourth-order valence-corrected chi connectivity index (χ4v) is 3.57. The van der Waals surface area contributed by atoms with Gasteiger partial charge in [-0.05, 0) is 44.0 Å². The third-order valence-corrected chi connectivity index (χ3v) is 4.89. The second-order valence-electron chi connectivity index (χ2n) is 7.93. The molecule has 154 valence electrons. The molecule has 0 saturated heterocycles. The van der Waals surface area contributed by atoms with Crippen LogP contribution in [0.15, 0.2) is 53.5 Å². The minimum absolute atomic E-state index is 0.0628. The van der Waals surface area contributed by atoms with Crippen molar-refractivity contribution in [2.24, 2.45) is 4.99 Å². The highest BCUT2D eigenvalue weighted by molar-refractivity contribution is 5.88. The highest BCUT2D eigenvalue weighted by Crippen LogP contribution is 2.39. The highest BCUT2D eigenvalue weighted by Gasteiger charge is 2.33. The van der Waals surface area contributed by atoms with Crippen molar-refractivity contribution in [3.05, 3.63) is 59.7 Å². The minimum Gasteiger partial charge on any atom is -0.487 e. The molecule has 0 spiro atoms. The number of ether oxygens (including phenoxy) is 1. The monoisotopic (exact) mass is 394 g/mol. The first-order chi connectivity index (χ1) is 13.9. The second-order valence-corrected chi connectivity index (χ2v) is 7.93. The van der Waals surface area contributed by atoms with Crippen molar-refractivity contribution in [1.82, 2.24) is 10.6 Å². The van der Waals surface area contributed by atoms with Gasteiger partial charge in [0, 0.05) is 38.2 Å². The number of anilines is 1. The second kappa shape index (κ2) is 8.99. The molecule has 0 fully saturated rings. The van der Waals surface area contributed by atoms with E-state index in [-0.39, 0.29) is 17.6 Å². The van der Waals surface area contributed by atoms with Crippen LogP contribution in [0.3, 0.4) is 0 Å². The Morgan fingerprint density at radius 3 is 2.59 bits per heavy atom. The number of hydrogen-bond acceptors (Lipinski definition) is 3. The summed E-state index contributed by atoms with van der Waals surface area (Å²) in [6.07, 6.45) is 1.71. The molecular formula is C23H30N4O2. The summed E-state index contributed by atoms with van der Waals surface area (Å²) in [5.41, 5.74) is 2.93. The van der Waals surface area contributed by atoms with E-state index in [1.165, 1.54) is 12.5 Å². The molecular weight excluding hydrogens is 364 g/mol. The number of rotatable bonds is 5. The van der Waals surface area contributed by atoms with Crippen molar-refractivity contribution >= 4 is 17.6 Å². The zero-order chi connectivity index (χ0) is 20.9. The van der Waals surface area contributed by atoms with Gasteiger partial charge < -0.3 is 20.7 Å². The van der Waals surface area contributed by atoms with E-state index in [0.717, 1.165) is 42.3 Å². The lowest BCUT2D eigenvalue weighted by molar-refractivity contribution is -0.114. The maximum atomic E-state index is 11.1. The van der Waals surface area contributed by atoms with E-state index < -0.39 is 0 Å². The predicted molar refractivity (Wildman–Crippen MR) is 117 cm³/mol. The molecule has 1 heterocycles. The number of fused-ring (bicyclic) bond motifs is 1. The molecule has 0 bridgehead atoms. The lowest BCUT2D eigenvalue weighted by Gasteiger charge is -2.38. The molecule has 0 aliphatic carbocycles. The smallest absolute Gasteiger partial charge is 0.221 e. The maximum absolute atomic E-state index is 11.1. The molecule has 1 atom stereocenters. The van der Waals surface area contributed by atoms with Crippen molar-refractivity contribution in [2.45, 2.75) is 45.3 Å². The Bertz CT molecular complexity index is 875. The standard InChI is InChI=1S/C23H30N4O2/c1-16(28)26-18-11-9-17(10-12-18)13-14-25-22(24-4)27-20-15-23(2,3)29-21-8-6-5-7-19(20)21/h5-12,20H,13-15H2,1-4H3,(H,26,28)(H2,24,25,27). The van der Waals surface area contributed by atoms with Gasteiger partial charge in [-0.3, -0.25) is 9.79 Å². The van der Waals surface area contributed by atoms with Crippen molar-refractivity contribution < 1.29 is 9.53 Å². The van der Waals surface area contributed by atoms with Gasteiger partial charge >= 0.3 is 0 Å². The molecule has 0 radical (unpaired) electrons. The molecule has 0 saturated carbocycles. The quantitative estimate of drug-likeness (QED) is 0.534. The largest absolute Gasteiger partial charge is 0.487 e. The average molecular weight is 395 g/mol. The minimum atomic E-state index is -0.236. The SMILES string of the molecule is CN=C(NCCc1ccc(NC(C)=O)cc1)NC1CC(C)(C)Oc2ccccc21. The zero-order valence-corrected chi connectivity index (χ0v) is 17.6. The Kier molecular flexibility index (Phi) is 6.42. The molecule has 1 amide bonds. The van der Waals surface area contributed by atoms with Crippen LogP contribution in [0.25, 0.3) is 0 Å². The normalized spacial score (nSPS) is 17.7. The van der Waals surface area contributed by atoms with E-state index >= 15 is 0 Å². The molecule has 29 heavy (non-hydrogen) atoms. The van der Waals surface area contributed by atoms with E-state index in [1.54, 1.807) is 7.05 Å². The summed E-state index contributed by atoms with van der Waals surface area (Å²) in [5, 5.41) is 9.73. The van der Waals surface area contributed by atoms with Gasteiger partial charge in [-0.1, -0.05) is 30.3 Å². The van der Waals surface area contributed by atoms with Crippen LogP contribution >= 0.6 is 0 Å². The highest BCUT2D eigenvalue weighted by atomic mass is 16.5. The molecule has 2 aromatic carbocycles. The van der Waals surface area contributed by atoms with Gasteiger partial charge in [0.1, 0.15) is 11.4 Å². The fourth-order valence-electron chi connectivity index (χ4n) is 3.57. The number of amides is 1. The van der Waals surface area contributed by atoms with Crippen LogP contribution in [0, 0.1) is 0 Å². The summed E-state index contributed by atoms with van der Waals surface area (Å²) in [6, 6.07) is 16.2. The lowest BCUT2D eigenvalue weighted by Crippen LogP contribution is -2.45. The molecule has 0 aromatic heterocycles. The first kappa shape index (κ1) is 20.7. The Balaban J connectivity index is 1.57. The maximum Gasteiger partial charge on any atom is 0.221 e. The van der Waals surface area contributed by atoms with Crippen LogP contribution in [0.2, 0.25) is 0 Å². The first-order valence-electron chi connectivity index (χ1n) is 9.98. The molecule has 1 aliphatic heterocycles. The van der Waals surface area contributed by atoms with Gasteiger partial charge in [0.2, 0.25) is 5.91 Å². The fraction of sp³-hybridized carbons (Fsp3) is 0.391. The van der Waals surface area contributed by atoms with Gasteiger partial charge in [-0.25, -0.2) is 0 Å². The van der Waals surface area contributed by atoms with Crippen LogP contribution in [0.1, 0.15) is 44.4 Å². The number of aliphatic imine (C=N–C) groups is 1. The summed E-state index contributed by atoms with van der Waals surface area (Å²) in [6.45, 7) is 6.48. The molecule has 1 aliphatic rings. The van der Waals surface area contributed by atoms with Crippen molar-refractivity contribution in [3.8, 4) is 5.75 Å². The van der Waals surface area contributed by atoms with Crippen LogP contribution in [0.5, 0.6) is 5.75 Å². The Morgan fingerprint density at radius 1 is 1.17 bits per heavy atom. The van der Waals surface area contributed by atoms with E-state index in [2.05, 4.69) is 40.9 Å². The van der Waals surface area contributed by atoms with Crippen molar-refractivity contribution in [1.29, 1.82) is 0 Å². The number of carbonyl (C=O) groups excluding carboxylic acids is 1. The predicted octanol–water partition coefficient (Wildman–Crippen LogP) is 3.65. The summed E-state index contributed by atoms with van der Waals surface area (Å²) >= 11 is 0. The zero-order valence-electron chi connectivity index (χ0n) is 17.6. The summed E-state index contributed by atoms with van der Waals surface area (Å²) in [4.78, 5) is 15.5. The van der Waals surface area contributed by atoms with Gasteiger partial charge in [0.15, 0.2) is 5.96 Å². The number of guanidine groups is 1. The number of carbonyl (C=O) groups is 1. The molecule has 3 N–H and O–H groups in total. The van der Waals surface area contributed by atoms with E-state index in [1.807, 2.05) is 42.5 Å². The summed E-state index contributed by atoms with van der Waals surface area (Å²) in [5.74, 6) is 1.64. The van der Waals surface area contributed by atoms with Crippen LogP contribution < -0.4 is 20.7 Å². The molecule has 6 nitrogen and oxygen atoms in total. The van der Waals surface area contributed by atoms with Gasteiger partial charge in [0.25, 0.3) is 0 Å². The number of benzene rings is 2. The van der Waals surface area contributed by atoms with Crippen molar-refractivity contribution in [3.63, 3.8) is 0 Å². The first-order valence-corrected chi connectivity index (χ1v) is 9.98. The number of nitrogens with one attached hydrogen (secondary N) is 3. The molecule has 2 aromatic rings. The third-order valence-electron chi connectivity index (χ3n) is 4.89. The Hall–Kier alpha value is -3.02. The number of nitrogens with zero attached hydrogens (tertiary/aromatic N) is 1. The van der Waals surface area contributed by atoms with E-state index in [0.29, 0.717) is 0 Å². The van der Waals surface area contributed by atoms with Crippen LogP contribution in [0.4, 0.5) is 5.69 Å². The molecule has 1 unspecified atom stereocenters. The van der Waals surface area contributed by atoms with Crippen LogP contribution in [-0.4, -0.2) is 31.1 Å². The van der Waals surface area contributed by atoms with Crippen LogP contribution in [-0.2, 0) is 11.2 Å². The number of hydrogen-bond donors (Lipinski definition) is 3. The molecule has 3 rings (SSSR count). The lowest BCUT2D eigenvalue weighted by atomic mass is 9.90. The van der Waals surface area contributed by atoms with Gasteiger partial charge in [0.05, 0.1) is 6.04 Å². The topological polar surface area (TPSA) is 74.8 Å². The third kappa shape index (κ3) is 5.73. The van der Waals surface area contributed by atoms with Gasteiger partial charge in [-0.2, -0.15) is 0 Å². The summed E-state index contributed by atoms with van der Waals surface area (Å²) < 4.78 is 6.11. The van der Waals surface area contributed by atoms with Gasteiger partial charge in [-0.15, -0.1) is 0 Å².